The fourth-order valence-electron chi connectivity index (χ4n) is 0.824. The Bertz CT molecular complexity index is 236. The van der Waals surface area contributed by atoms with Gasteiger partial charge in [-0.1, -0.05) is 24.6 Å². The van der Waals surface area contributed by atoms with Crippen LogP contribution in [0.25, 0.3) is 0 Å². The first-order valence-corrected chi connectivity index (χ1v) is 3.38. The third-order valence-electron chi connectivity index (χ3n) is 1.51. The minimum atomic E-state index is 0.845. The van der Waals surface area contributed by atoms with Gasteiger partial charge in [-0.3, -0.25) is 5.92 Å². The van der Waals surface area contributed by atoms with Crippen LogP contribution in [0.2, 0.25) is 0 Å². The second kappa shape index (κ2) is 3.08. The second-order valence-electron chi connectivity index (χ2n) is 2.18. The van der Waals surface area contributed by atoms with E-state index in [9.17, 15) is 0 Å². The number of hydrogen-bond acceptors (Lipinski definition) is 0. The molecule has 0 saturated heterocycles. The molecule has 1 rings (SSSR count). The van der Waals surface area contributed by atoms with E-state index in [0.29, 0.717) is 0 Å². The molecule has 0 nitrogen and oxygen atoms in total. The predicted molar refractivity (Wildman–Crippen MR) is 42.1 cm³/mol. The minimum Gasteiger partial charge on any atom is -0.366 e. The van der Waals surface area contributed by atoms with Gasteiger partial charge in [0.15, 0.2) is 0 Å². The highest BCUT2D eigenvalue weighted by Gasteiger charge is 1.81. The van der Waals surface area contributed by atoms with Crippen molar-refractivity contribution >= 4 is 0 Å². The van der Waals surface area contributed by atoms with Crippen LogP contribution in [-0.2, 0) is 6.42 Å². The first-order chi connectivity index (χ1) is 4.86. The van der Waals surface area contributed by atoms with Crippen molar-refractivity contribution in [1.82, 2.24) is 0 Å². The van der Waals surface area contributed by atoms with E-state index in [-0.39, 0.29) is 0 Å². The first-order valence-electron chi connectivity index (χ1n) is 3.38. The summed E-state index contributed by atoms with van der Waals surface area (Å²) in [6.45, 7) is 2.11. The Morgan fingerprint density at radius 1 is 1.30 bits per heavy atom. The number of benzene rings is 1. The van der Waals surface area contributed by atoms with Gasteiger partial charge in [0.2, 0.25) is 0 Å². The van der Waals surface area contributed by atoms with Crippen molar-refractivity contribution in [3.8, 4) is 5.92 Å². The Hall–Kier alpha value is -1.22. The van der Waals surface area contributed by atoms with Crippen molar-refractivity contribution in [2.45, 2.75) is 13.3 Å². The van der Waals surface area contributed by atoms with Crippen molar-refractivity contribution in [3.05, 3.63) is 41.8 Å². The molecular formula is C10H9-. The maximum Gasteiger partial charge on any atom is -0.0309 e. The Labute approximate surface area is 61.9 Å². The van der Waals surface area contributed by atoms with Gasteiger partial charge in [-0.05, 0) is 6.42 Å². The van der Waals surface area contributed by atoms with Crippen molar-refractivity contribution in [3.63, 3.8) is 0 Å². The summed E-state index contributed by atoms with van der Waals surface area (Å²) in [6, 6.07) is 7.87. The summed E-state index contributed by atoms with van der Waals surface area (Å²) in [5.74, 6) is 2.33. The summed E-state index contributed by atoms with van der Waals surface area (Å²) in [5.41, 5.74) is 2.15. The molecule has 0 saturated carbocycles. The maximum atomic E-state index is 6.82. The Morgan fingerprint density at radius 2 is 1.90 bits per heavy atom. The molecule has 50 valence electrons. The van der Waals surface area contributed by atoms with Gasteiger partial charge in [-0.25, -0.2) is 0 Å². The average Bonchev–Trinajstić information content (AvgIpc) is 2.05. The Kier molecular flexibility index (Phi) is 2.12. The average molecular weight is 129 g/mol. The quantitative estimate of drug-likeness (QED) is 0.402. The van der Waals surface area contributed by atoms with Crippen LogP contribution in [0.15, 0.2) is 24.3 Å². The van der Waals surface area contributed by atoms with Gasteiger partial charge < -0.3 is 6.42 Å². The highest BCUT2D eigenvalue weighted by molar-refractivity contribution is 5.32. The molecule has 0 fully saturated rings. The lowest BCUT2D eigenvalue weighted by Crippen LogP contribution is -1.78. The third-order valence-corrected chi connectivity index (χ3v) is 1.51. The predicted octanol–water partition coefficient (Wildman–Crippen LogP) is 2.19. The number of hydrogen-bond donors (Lipinski definition) is 0. The zero-order valence-electron chi connectivity index (χ0n) is 6.02. The number of aryl methyl sites for hydroxylation is 1. The molecule has 0 N–H and O–H groups in total. The molecule has 0 radical (unpaired) electrons. The van der Waals surface area contributed by atoms with E-state index in [1.54, 1.807) is 0 Å². The zero-order chi connectivity index (χ0) is 7.40. The summed E-state index contributed by atoms with van der Waals surface area (Å²) >= 11 is 0. The molecule has 0 bridgehead atoms. The number of rotatable bonds is 1. The monoisotopic (exact) mass is 129 g/mol. The largest absolute Gasteiger partial charge is 0.366 e. The molecule has 0 unspecified atom stereocenters. The third kappa shape index (κ3) is 1.39. The SMILES string of the molecule is [C-]#Cc1ccc(CC)cc1. The maximum absolute atomic E-state index is 6.82. The van der Waals surface area contributed by atoms with Crippen LogP contribution in [-0.4, -0.2) is 0 Å². The molecule has 1 aromatic rings. The molecule has 0 aliphatic carbocycles. The van der Waals surface area contributed by atoms with Gasteiger partial charge in [0.25, 0.3) is 0 Å². The van der Waals surface area contributed by atoms with E-state index >= 15 is 0 Å². The lowest BCUT2D eigenvalue weighted by atomic mass is 10.1. The fourth-order valence-corrected chi connectivity index (χ4v) is 0.824. The van der Waals surface area contributed by atoms with Crippen LogP contribution in [0.5, 0.6) is 0 Å². The second-order valence-corrected chi connectivity index (χ2v) is 2.18. The summed E-state index contributed by atoms with van der Waals surface area (Å²) < 4.78 is 0. The molecule has 0 heterocycles. The summed E-state index contributed by atoms with van der Waals surface area (Å²) in [4.78, 5) is 0. The fraction of sp³-hybridized carbons (Fsp3) is 0.200. The van der Waals surface area contributed by atoms with E-state index < -0.39 is 0 Å². The van der Waals surface area contributed by atoms with Gasteiger partial charge >= 0.3 is 0 Å². The summed E-state index contributed by atoms with van der Waals surface area (Å²) in [6.07, 6.45) is 7.88. The molecule has 0 aliphatic rings. The molecule has 10 heavy (non-hydrogen) atoms. The van der Waals surface area contributed by atoms with E-state index in [1.165, 1.54) is 5.56 Å². The van der Waals surface area contributed by atoms with Gasteiger partial charge in [0, 0.05) is 0 Å². The van der Waals surface area contributed by atoms with E-state index in [2.05, 4.69) is 12.8 Å². The Morgan fingerprint density at radius 3 is 2.30 bits per heavy atom. The molecule has 0 atom stereocenters. The van der Waals surface area contributed by atoms with E-state index in [1.807, 2.05) is 24.3 Å². The lowest BCUT2D eigenvalue weighted by Gasteiger charge is -2.00. The highest BCUT2D eigenvalue weighted by Crippen LogP contribution is 2.02. The van der Waals surface area contributed by atoms with Crippen LogP contribution in [0.1, 0.15) is 18.1 Å². The smallest absolute Gasteiger partial charge is 0.0309 e. The summed E-state index contributed by atoms with van der Waals surface area (Å²) in [7, 11) is 0. The van der Waals surface area contributed by atoms with Crippen LogP contribution in [0, 0.1) is 12.3 Å². The summed E-state index contributed by atoms with van der Waals surface area (Å²) in [5, 5.41) is 0. The standard InChI is InChI=1S/C10H9/c1-3-9-5-7-10(4-2)8-6-9/h5-8H,3H2,1H3/q-1. The molecular weight excluding hydrogens is 120 g/mol. The van der Waals surface area contributed by atoms with Crippen LogP contribution >= 0.6 is 0 Å². The van der Waals surface area contributed by atoms with Crippen LogP contribution < -0.4 is 0 Å². The minimum absolute atomic E-state index is 0.845. The van der Waals surface area contributed by atoms with Crippen molar-refractivity contribution < 1.29 is 0 Å². The molecule has 0 aliphatic heterocycles. The van der Waals surface area contributed by atoms with Crippen LogP contribution in [0.3, 0.4) is 0 Å². The van der Waals surface area contributed by atoms with Gasteiger partial charge in [0.1, 0.15) is 0 Å². The van der Waals surface area contributed by atoms with Crippen molar-refractivity contribution in [2.75, 3.05) is 0 Å². The highest BCUT2D eigenvalue weighted by atomic mass is 13.9. The normalized spacial score (nSPS) is 8.80. The molecule has 0 spiro atoms. The van der Waals surface area contributed by atoms with E-state index in [4.69, 9.17) is 6.42 Å². The van der Waals surface area contributed by atoms with Crippen molar-refractivity contribution in [2.24, 2.45) is 0 Å². The van der Waals surface area contributed by atoms with Crippen LogP contribution in [0.4, 0.5) is 0 Å². The van der Waals surface area contributed by atoms with Gasteiger partial charge in [-0.2, -0.15) is 0 Å². The van der Waals surface area contributed by atoms with Crippen molar-refractivity contribution in [1.29, 1.82) is 0 Å². The topological polar surface area (TPSA) is 0 Å². The molecule has 0 heteroatoms. The van der Waals surface area contributed by atoms with E-state index in [0.717, 1.165) is 12.0 Å². The first kappa shape index (κ1) is 6.89. The zero-order valence-corrected chi connectivity index (χ0v) is 6.02. The molecule has 1 aromatic carbocycles. The molecule has 0 aromatic heterocycles. The lowest BCUT2D eigenvalue weighted by molar-refractivity contribution is 1.14. The molecule has 0 amide bonds. The van der Waals surface area contributed by atoms with Gasteiger partial charge in [-0.15, -0.1) is 17.7 Å². The van der Waals surface area contributed by atoms with Gasteiger partial charge in [0.05, 0.1) is 0 Å². The Balaban J connectivity index is 2.93.